The van der Waals surface area contributed by atoms with E-state index >= 15 is 0 Å². The van der Waals surface area contributed by atoms with Crippen molar-refractivity contribution in [3.8, 4) is 17.0 Å². The summed E-state index contributed by atoms with van der Waals surface area (Å²) in [5.74, 6) is -5.48. The van der Waals surface area contributed by atoms with Gasteiger partial charge in [0.25, 0.3) is 5.91 Å². The summed E-state index contributed by atoms with van der Waals surface area (Å²) < 4.78 is 71.9. The zero-order valence-electron chi connectivity index (χ0n) is 16.6. The molecule has 1 heterocycles. The lowest BCUT2D eigenvalue weighted by Gasteiger charge is -2.18. The number of amides is 1. The predicted molar refractivity (Wildman–Crippen MR) is 110 cm³/mol. The first kappa shape index (κ1) is 25.4. The number of ether oxygens (including phenoxy) is 1. The van der Waals surface area contributed by atoms with Crippen LogP contribution in [0.25, 0.3) is 11.3 Å². The van der Waals surface area contributed by atoms with Gasteiger partial charge in [-0.15, -0.1) is 0 Å². The van der Waals surface area contributed by atoms with Crippen molar-refractivity contribution in [1.29, 1.82) is 0 Å². The lowest BCUT2D eigenvalue weighted by molar-refractivity contribution is -0.153. The Labute approximate surface area is 197 Å². The number of nitrogens with zero attached hydrogens (tertiary/aromatic N) is 2. The first-order valence-electron chi connectivity index (χ1n) is 9.22. The molecule has 0 radical (unpaired) electrons. The number of aromatic nitrogens is 2. The van der Waals surface area contributed by atoms with Crippen LogP contribution in [0.1, 0.15) is 33.7 Å². The van der Waals surface area contributed by atoms with E-state index in [4.69, 9.17) is 28.3 Å². The maximum atomic E-state index is 14.9. The highest BCUT2D eigenvalue weighted by molar-refractivity contribution is 6.32. The SMILES string of the molecule is O=C(NC1=C(F)CCC=C1Cl)c1cc(F)c(-c2cnc(Cl)c(C(=O)O)n2)cc1OCC(F)(F)F. The van der Waals surface area contributed by atoms with Gasteiger partial charge < -0.3 is 15.2 Å². The molecule has 180 valence electrons. The molecule has 1 aliphatic carbocycles. The number of allylic oxidation sites excluding steroid dienone is 3. The smallest absolute Gasteiger partial charge is 0.422 e. The molecule has 0 saturated carbocycles. The predicted octanol–water partition coefficient (Wildman–Crippen LogP) is 5.40. The van der Waals surface area contributed by atoms with Gasteiger partial charge in [0.1, 0.15) is 17.4 Å². The number of carboxylic acids is 1. The minimum atomic E-state index is -4.82. The van der Waals surface area contributed by atoms with E-state index in [1.807, 2.05) is 0 Å². The first-order valence-corrected chi connectivity index (χ1v) is 9.98. The largest absolute Gasteiger partial charge is 0.483 e. The Morgan fingerprint density at radius 3 is 2.53 bits per heavy atom. The Morgan fingerprint density at radius 1 is 1.21 bits per heavy atom. The molecule has 1 aromatic heterocycles. The third kappa shape index (κ3) is 5.81. The molecule has 1 aromatic carbocycles. The van der Waals surface area contributed by atoms with Crippen molar-refractivity contribution in [2.75, 3.05) is 6.61 Å². The fourth-order valence-corrected chi connectivity index (χ4v) is 3.27. The van der Waals surface area contributed by atoms with Crippen LogP contribution in [0.2, 0.25) is 5.15 Å². The summed E-state index contributed by atoms with van der Waals surface area (Å²) in [4.78, 5) is 31.1. The number of nitrogens with one attached hydrogen (secondary N) is 1. The highest BCUT2D eigenvalue weighted by Gasteiger charge is 2.30. The number of halogens is 7. The van der Waals surface area contributed by atoms with Crippen LogP contribution in [0, 0.1) is 5.82 Å². The average molecular weight is 524 g/mol. The van der Waals surface area contributed by atoms with Crippen LogP contribution in [0.3, 0.4) is 0 Å². The Bertz CT molecular complexity index is 1230. The molecule has 0 fully saturated rings. The maximum Gasteiger partial charge on any atom is 0.422 e. The third-order valence-corrected chi connectivity index (χ3v) is 4.97. The second-order valence-electron chi connectivity index (χ2n) is 6.76. The zero-order chi connectivity index (χ0) is 25.2. The zero-order valence-corrected chi connectivity index (χ0v) is 18.2. The van der Waals surface area contributed by atoms with Crippen molar-refractivity contribution in [2.45, 2.75) is 19.0 Å². The second-order valence-corrected chi connectivity index (χ2v) is 7.52. The van der Waals surface area contributed by atoms with Gasteiger partial charge >= 0.3 is 12.1 Å². The van der Waals surface area contributed by atoms with E-state index in [0.717, 1.165) is 6.20 Å². The summed E-state index contributed by atoms with van der Waals surface area (Å²) >= 11 is 11.5. The number of carboxylic acid groups (broad SMARTS) is 1. The summed E-state index contributed by atoms with van der Waals surface area (Å²) in [5.41, 5.74) is -2.78. The Morgan fingerprint density at radius 2 is 1.91 bits per heavy atom. The van der Waals surface area contributed by atoms with Gasteiger partial charge in [-0.25, -0.2) is 23.5 Å². The molecule has 14 heteroatoms. The molecule has 2 aromatic rings. The fourth-order valence-electron chi connectivity index (χ4n) is 2.84. The van der Waals surface area contributed by atoms with Crippen molar-refractivity contribution >= 4 is 35.1 Å². The van der Waals surface area contributed by atoms with Gasteiger partial charge in [-0.1, -0.05) is 29.3 Å². The lowest BCUT2D eigenvalue weighted by Crippen LogP contribution is -2.27. The van der Waals surface area contributed by atoms with Gasteiger partial charge in [-0.2, -0.15) is 13.2 Å². The number of alkyl halides is 3. The van der Waals surface area contributed by atoms with Crippen molar-refractivity contribution in [3.63, 3.8) is 0 Å². The van der Waals surface area contributed by atoms with Crippen molar-refractivity contribution in [3.05, 3.63) is 63.2 Å². The topological polar surface area (TPSA) is 101 Å². The molecule has 0 atom stereocenters. The Hall–Kier alpha value is -3.25. The number of aromatic carboxylic acids is 1. The van der Waals surface area contributed by atoms with Gasteiger partial charge in [0.05, 0.1) is 28.2 Å². The molecule has 3 rings (SSSR count). The van der Waals surface area contributed by atoms with Crippen LogP contribution < -0.4 is 10.1 Å². The van der Waals surface area contributed by atoms with Crippen molar-refractivity contribution < 1.29 is 41.4 Å². The van der Waals surface area contributed by atoms with E-state index in [2.05, 4.69) is 20.0 Å². The van der Waals surface area contributed by atoms with Gasteiger partial charge in [-0.3, -0.25) is 4.79 Å². The van der Waals surface area contributed by atoms with E-state index in [-0.39, 0.29) is 17.9 Å². The van der Waals surface area contributed by atoms with Crippen LogP contribution in [0.5, 0.6) is 5.75 Å². The van der Waals surface area contributed by atoms with Crippen LogP contribution in [-0.4, -0.2) is 39.7 Å². The molecule has 0 bridgehead atoms. The fraction of sp³-hybridized carbons (Fsp3) is 0.200. The molecule has 34 heavy (non-hydrogen) atoms. The molecule has 0 spiro atoms. The highest BCUT2D eigenvalue weighted by atomic mass is 35.5. The van der Waals surface area contributed by atoms with E-state index in [9.17, 15) is 31.5 Å². The molecule has 2 N–H and O–H groups in total. The third-order valence-electron chi connectivity index (χ3n) is 4.35. The minimum Gasteiger partial charge on any atom is -0.483 e. The summed E-state index contributed by atoms with van der Waals surface area (Å²) in [6.07, 6.45) is -2.31. The molecule has 1 aliphatic rings. The lowest BCUT2D eigenvalue weighted by atomic mass is 10.1. The van der Waals surface area contributed by atoms with Gasteiger partial charge in [0.15, 0.2) is 17.5 Å². The number of rotatable bonds is 6. The van der Waals surface area contributed by atoms with Gasteiger partial charge in [0, 0.05) is 12.0 Å². The van der Waals surface area contributed by atoms with E-state index in [0.29, 0.717) is 12.1 Å². The van der Waals surface area contributed by atoms with Crippen LogP contribution in [0.4, 0.5) is 22.0 Å². The quantitative estimate of drug-likeness (QED) is 0.491. The van der Waals surface area contributed by atoms with Crippen LogP contribution >= 0.6 is 23.2 Å². The number of benzene rings is 1. The minimum absolute atomic E-state index is 0.0717. The monoisotopic (exact) mass is 523 g/mol. The molecule has 7 nitrogen and oxygen atoms in total. The molecule has 0 unspecified atom stereocenters. The van der Waals surface area contributed by atoms with Crippen molar-refractivity contribution in [1.82, 2.24) is 15.3 Å². The molecule has 0 aliphatic heterocycles. The second kappa shape index (κ2) is 9.94. The Balaban J connectivity index is 2.07. The van der Waals surface area contributed by atoms with E-state index in [1.165, 1.54) is 6.08 Å². The number of carbonyl (C=O) groups is 2. The van der Waals surface area contributed by atoms with E-state index in [1.54, 1.807) is 0 Å². The average Bonchev–Trinajstić information content (AvgIpc) is 2.75. The highest BCUT2D eigenvalue weighted by Crippen LogP contribution is 2.33. The first-order chi connectivity index (χ1) is 15.9. The van der Waals surface area contributed by atoms with Crippen molar-refractivity contribution in [2.24, 2.45) is 0 Å². The molecular weight excluding hydrogens is 512 g/mol. The summed E-state index contributed by atoms with van der Waals surface area (Å²) in [5, 5.41) is 10.6. The van der Waals surface area contributed by atoms with Gasteiger partial charge in [0.2, 0.25) is 0 Å². The number of carbonyl (C=O) groups excluding carboxylic acids is 1. The number of hydrogen-bond acceptors (Lipinski definition) is 5. The van der Waals surface area contributed by atoms with Gasteiger partial charge in [-0.05, 0) is 18.6 Å². The van der Waals surface area contributed by atoms with Crippen LogP contribution in [-0.2, 0) is 0 Å². The Kier molecular flexibility index (Phi) is 7.41. The molecule has 1 amide bonds. The normalized spacial score (nSPS) is 14.0. The maximum absolute atomic E-state index is 14.9. The summed E-state index contributed by atoms with van der Waals surface area (Å²) in [6.45, 7) is -1.84. The summed E-state index contributed by atoms with van der Waals surface area (Å²) in [7, 11) is 0. The van der Waals surface area contributed by atoms with E-state index < -0.39 is 75.4 Å². The number of hydrogen-bond donors (Lipinski definition) is 2. The molecular formula is C20H12Cl2F5N3O4. The summed E-state index contributed by atoms with van der Waals surface area (Å²) in [6, 6.07) is 1.24. The standard InChI is InChI=1S/C20H12Cl2F5N3O4/c21-10-2-1-3-11(23)15(10)30-18(31)9-4-12(24)8(5-14(9)34-7-20(25,26)27)13-6-28-17(22)16(29-13)19(32)33/h2,4-6H,1,3,7H2,(H,30,31)(H,32,33). The molecule has 0 saturated heterocycles. The van der Waals surface area contributed by atoms with Crippen LogP contribution in [0.15, 0.2) is 41.0 Å².